The Balaban J connectivity index is 2.00. The third-order valence-electron chi connectivity index (χ3n) is 3.96. The second-order valence-corrected chi connectivity index (χ2v) is 8.48. The Bertz CT molecular complexity index is 1010. The molecule has 3 N–H and O–H groups in total. The van der Waals surface area contributed by atoms with Gasteiger partial charge in [-0.1, -0.05) is 12.1 Å². The van der Waals surface area contributed by atoms with Crippen molar-refractivity contribution < 1.29 is 8.42 Å². The van der Waals surface area contributed by atoms with Crippen molar-refractivity contribution >= 4 is 32.1 Å². The van der Waals surface area contributed by atoms with E-state index < -0.39 is 10.0 Å². The molecule has 25 heavy (non-hydrogen) atoms. The van der Waals surface area contributed by atoms with Crippen LogP contribution in [-0.2, 0) is 16.4 Å². The molecule has 0 aliphatic heterocycles. The number of nitrogens with zero attached hydrogens (tertiary/aromatic N) is 1. The lowest BCUT2D eigenvalue weighted by atomic mass is 10.2. The highest BCUT2D eigenvalue weighted by atomic mass is 32.2. The molecule has 3 aromatic rings. The van der Waals surface area contributed by atoms with Crippen molar-refractivity contribution in [3.05, 3.63) is 63.2 Å². The molecule has 132 valence electrons. The molecule has 0 unspecified atom stereocenters. The molecular formula is C17H19N3O3S2. The normalized spacial score (nSPS) is 12.1. The molecule has 6 nitrogen and oxygen atoms in total. The van der Waals surface area contributed by atoms with Crippen LogP contribution in [0.2, 0.25) is 0 Å². The van der Waals surface area contributed by atoms with Crippen molar-refractivity contribution in [3.8, 4) is 0 Å². The standard InChI is InChI=1S/C17H19N3O3S2/c18-8-11-20(10-7-13-3-2-12-24-13)25(22,23)16-5-1-4-15-14(16)6-9-19-17(15)21/h1-6,9,12H,7-8,10-11,18H2,(H,19,21). The topological polar surface area (TPSA) is 96.3 Å². The van der Waals surface area contributed by atoms with Crippen molar-refractivity contribution in [2.75, 3.05) is 19.6 Å². The van der Waals surface area contributed by atoms with Crippen LogP contribution in [0.1, 0.15) is 4.88 Å². The van der Waals surface area contributed by atoms with Gasteiger partial charge in [0.2, 0.25) is 10.0 Å². The first-order chi connectivity index (χ1) is 12.0. The minimum atomic E-state index is -3.75. The Morgan fingerprint density at radius 2 is 1.92 bits per heavy atom. The molecule has 0 radical (unpaired) electrons. The highest BCUT2D eigenvalue weighted by molar-refractivity contribution is 7.89. The molecule has 2 aromatic heterocycles. The van der Waals surface area contributed by atoms with Crippen LogP contribution in [0.4, 0.5) is 0 Å². The number of sulfonamides is 1. The van der Waals surface area contributed by atoms with Gasteiger partial charge in [0.15, 0.2) is 0 Å². The van der Waals surface area contributed by atoms with Gasteiger partial charge in [-0.2, -0.15) is 4.31 Å². The number of hydrogen-bond acceptors (Lipinski definition) is 5. The molecule has 2 heterocycles. The summed E-state index contributed by atoms with van der Waals surface area (Å²) in [4.78, 5) is 15.8. The van der Waals surface area contributed by atoms with Gasteiger partial charge in [0.25, 0.3) is 5.56 Å². The first kappa shape index (κ1) is 17.8. The number of hydrogen-bond donors (Lipinski definition) is 2. The monoisotopic (exact) mass is 377 g/mol. The van der Waals surface area contributed by atoms with Crippen LogP contribution in [-0.4, -0.2) is 37.3 Å². The van der Waals surface area contributed by atoms with Gasteiger partial charge in [0.1, 0.15) is 0 Å². The van der Waals surface area contributed by atoms with Crippen molar-refractivity contribution in [2.24, 2.45) is 5.73 Å². The largest absolute Gasteiger partial charge is 0.329 e. The van der Waals surface area contributed by atoms with E-state index >= 15 is 0 Å². The molecule has 0 bridgehead atoms. The van der Waals surface area contributed by atoms with Gasteiger partial charge in [0, 0.05) is 41.5 Å². The third kappa shape index (κ3) is 3.67. The SMILES string of the molecule is NCCN(CCc1cccs1)S(=O)(=O)c1cccc2c(=O)[nH]ccc12. The summed E-state index contributed by atoms with van der Waals surface area (Å²) in [7, 11) is -3.75. The van der Waals surface area contributed by atoms with E-state index in [4.69, 9.17) is 5.73 Å². The number of aromatic amines is 1. The van der Waals surface area contributed by atoms with Gasteiger partial charge < -0.3 is 10.7 Å². The first-order valence-electron chi connectivity index (χ1n) is 7.87. The highest BCUT2D eigenvalue weighted by Gasteiger charge is 2.26. The number of nitrogens with one attached hydrogen (secondary N) is 1. The molecule has 0 aliphatic carbocycles. The fourth-order valence-electron chi connectivity index (χ4n) is 2.74. The van der Waals surface area contributed by atoms with Crippen LogP contribution >= 0.6 is 11.3 Å². The van der Waals surface area contributed by atoms with Gasteiger partial charge in [-0.15, -0.1) is 11.3 Å². The van der Waals surface area contributed by atoms with Crippen molar-refractivity contribution in [1.82, 2.24) is 9.29 Å². The number of aromatic nitrogens is 1. The summed E-state index contributed by atoms with van der Waals surface area (Å²) in [5.41, 5.74) is 5.32. The maximum Gasteiger partial charge on any atom is 0.255 e. The van der Waals surface area contributed by atoms with Crippen LogP contribution in [0.25, 0.3) is 10.8 Å². The summed E-state index contributed by atoms with van der Waals surface area (Å²) in [5, 5.41) is 2.74. The van der Waals surface area contributed by atoms with E-state index in [0.717, 1.165) is 4.88 Å². The van der Waals surface area contributed by atoms with Crippen LogP contribution < -0.4 is 11.3 Å². The number of rotatable bonds is 7. The number of nitrogens with two attached hydrogens (primary N) is 1. The second kappa shape index (κ2) is 7.49. The van der Waals surface area contributed by atoms with E-state index in [1.54, 1.807) is 29.5 Å². The average Bonchev–Trinajstić information content (AvgIpc) is 3.12. The maximum absolute atomic E-state index is 13.2. The third-order valence-corrected chi connectivity index (χ3v) is 6.85. The summed E-state index contributed by atoms with van der Waals surface area (Å²) in [6.07, 6.45) is 2.09. The summed E-state index contributed by atoms with van der Waals surface area (Å²) >= 11 is 1.60. The van der Waals surface area contributed by atoms with Crippen LogP contribution in [0.5, 0.6) is 0 Å². The predicted molar refractivity (Wildman–Crippen MR) is 100 cm³/mol. The lowest BCUT2D eigenvalue weighted by molar-refractivity contribution is 0.423. The van der Waals surface area contributed by atoms with E-state index in [9.17, 15) is 13.2 Å². The molecule has 1 aromatic carbocycles. The zero-order valence-electron chi connectivity index (χ0n) is 13.5. The maximum atomic E-state index is 13.2. The number of fused-ring (bicyclic) bond motifs is 1. The van der Waals surface area contributed by atoms with Crippen LogP contribution in [0.3, 0.4) is 0 Å². The van der Waals surface area contributed by atoms with E-state index in [1.807, 2.05) is 17.5 Å². The summed E-state index contributed by atoms with van der Waals surface area (Å²) in [6.45, 7) is 0.807. The molecule has 0 saturated carbocycles. The Morgan fingerprint density at radius 3 is 2.64 bits per heavy atom. The molecule has 0 saturated heterocycles. The molecule has 0 amide bonds. The van der Waals surface area contributed by atoms with Crippen LogP contribution in [0, 0.1) is 0 Å². The highest BCUT2D eigenvalue weighted by Crippen LogP contribution is 2.24. The summed E-state index contributed by atoms with van der Waals surface area (Å²) in [6, 6.07) is 10.3. The number of thiophene rings is 1. The lowest BCUT2D eigenvalue weighted by Gasteiger charge is -2.22. The van der Waals surface area contributed by atoms with E-state index in [0.29, 0.717) is 23.7 Å². The van der Waals surface area contributed by atoms with E-state index in [-0.39, 0.29) is 23.5 Å². The first-order valence-corrected chi connectivity index (χ1v) is 10.2. The number of benzene rings is 1. The van der Waals surface area contributed by atoms with Gasteiger partial charge in [0.05, 0.1) is 4.90 Å². The fourth-order valence-corrected chi connectivity index (χ4v) is 5.10. The van der Waals surface area contributed by atoms with E-state index in [1.165, 1.54) is 16.6 Å². The fraction of sp³-hybridized carbons (Fsp3) is 0.235. The molecule has 0 fully saturated rings. The second-order valence-electron chi connectivity index (χ2n) is 5.55. The molecule has 0 spiro atoms. The van der Waals surface area contributed by atoms with Gasteiger partial charge >= 0.3 is 0 Å². The smallest absolute Gasteiger partial charge is 0.255 e. The quantitative estimate of drug-likeness (QED) is 0.656. The summed E-state index contributed by atoms with van der Waals surface area (Å²) < 4.78 is 27.7. The number of H-pyrrole nitrogens is 1. The molecule has 0 aliphatic rings. The number of pyridine rings is 1. The summed E-state index contributed by atoms with van der Waals surface area (Å²) in [5.74, 6) is 0. The average molecular weight is 377 g/mol. The predicted octanol–water partition coefficient (Wildman–Crippen LogP) is 1.78. The minimum absolute atomic E-state index is 0.135. The lowest BCUT2D eigenvalue weighted by Crippen LogP contribution is -2.37. The molecule has 8 heteroatoms. The zero-order chi connectivity index (χ0) is 17.9. The Labute approximate surface area is 150 Å². The van der Waals surface area contributed by atoms with Gasteiger partial charge in [-0.05, 0) is 36.1 Å². The Morgan fingerprint density at radius 1 is 1.08 bits per heavy atom. The zero-order valence-corrected chi connectivity index (χ0v) is 15.1. The van der Waals surface area contributed by atoms with Crippen molar-refractivity contribution in [3.63, 3.8) is 0 Å². The minimum Gasteiger partial charge on any atom is -0.329 e. The Kier molecular flexibility index (Phi) is 5.33. The van der Waals surface area contributed by atoms with Crippen molar-refractivity contribution in [1.29, 1.82) is 0 Å². The van der Waals surface area contributed by atoms with E-state index in [2.05, 4.69) is 4.98 Å². The molecule has 0 atom stereocenters. The van der Waals surface area contributed by atoms with Crippen LogP contribution in [0.15, 0.2) is 57.7 Å². The van der Waals surface area contributed by atoms with Gasteiger partial charge in [-0.3, -0.25) is 4.79 Å². The molecule has 3 rings (SSSR count). The van der Waals surface area contributed by atoms with Gasteiger partial charge in [-0.25, -0.2) is 8.42 Å². The Hall–Kier alpha value is -2.00. The molecular weight excluding hydrogens is 358 g/mol. The van der Waals surface area contributed by atoms with Crippen molar-refractivity contribution in [2.45, 2.75) is 11.3 Å².